The molecule has 0 saturated heterocycles. The largest absolute Gasteiger partial charge is 0.490 e. The number of rotatable bonds is 7. The van der Waals surface area contributed by atoms with Gasteiger partial charge in [0.25, 0.3) is 0 Å². The standard InChI is InChI=1S/C18H16Cl4O2/c1-12-2-4-13(5-3-12)6-8-24-18-15(19)10-14(11-16(18)20)23-9-7-17(21)22/h2-5,7,10-11H,6,8-9H2,1H3. The van der Waals surface area contributed by atoms with Crippen LogP contribution in [0.5, 0.6) is 11.5 Å². The topological polar surface area (TPSA) is 18.5 Å². The van der Waals surface area contributed by atoms with Crippen LogP contribution in [0.1, 0.15) is 11.1 Å². The smallest absolute Gasteiger partial charge is 0.156 e. The molecule has 6 heteroatoms. The van der Waals surface area contributed by atoms with Crippen molar-refractivity contribution in [1.29, 1.82) is 0 Å². The molecule has 0 atom stereocenters. The van der Waals surface area contributed by atoms with Crippen LogP contribution in [0.2, 0.25) is 10.0 Å². The predicted molar refractivity (Wildman–Crippen MR) is 102 cm³/mol. The highest BCUT2D eigenvalue weighted by atomic mass is 35.5. The van der Waals surface area contributed by atoms with E-state index in [1.807, 2.05) is 0 Å². The molecule has 2 aromatic carbocycles. The number of halogens is 4. The molecule has 2 aromatic rings. The molecule has 0 aliphatic carbocycles. The predicted octanol–water partition coefficient (Wildman–Crippen LogP) is 6.62. The third kappa shape index (κ3) is 6.10. The first-order chi connectivity index (χ1) is 11.5. The molecule has 0 amide bonds. The van der Waals surface area contributed by atoms with Gasteiger partial charge in [-0.25, -0.2) is 0 Å². The molecule has 2 rings (SSSR count). The van der Waals surface area contributed by atoms with E-state index in [1.54, 1.807) is 12.1 Å². The summed E-state index contributed by atoms with van der Waals surface area (Å²) in [5.41, 5.74) is 2.42. The lowest BCUT2D eigenvalue weighted by molar-refractivity contribution is 0.320. The first kappa shape index (κ1) is 19.3. The zero-order valence-electron chi connectivity index (χ0n) is 13.0. The van der Waals surface area contributed by atoms with E-state index in [0.29, 0.717) is 28.2 Å². The Morgan fingerprint density at radius 3 is 2.21 bits per heavy atom. The van der Waals surface area contributed by atoms with Crippen LogP contribution in [0.4, 0.5) is 0 Å². The first-order valence-electron chi connectivity index (χ1n) is 7.27. The van der Waals surface area contributed by atoms with Gasteiger partial charge in [-0.2, -0.15) is 0 Å². The van der Waals surface area contributed by atoms with Gasteiger partial charge in [0.05, 0.1) is 16.7 Å². The molecule has 2 nitrogen and oxygen atoms in total. The molecule has 24 heavy (non-hydrogen) atoms. The van der Waals surface area contributed by atoms with E-state index in [0.717, 1.165) is 6.42 Å². The van der Waals surface area contributed by atoms with Gasteiger partial charge >= 0.3 is 0 Å². The van der Waals surface area contributed by atoms with Gasteiger partial charge in [0.1, 0.15) is 16.8 Å². The second kappa shape index (κ2) is 9.43. The van der Waals surface area contributed by atoms with Crippen molar-refractivity contribution in [3.05, 3.63) is 68.1 Å². The van der Waals surface area contributed by atoms with Crippen LogP contribution in [-0.2, 0) is 6.42 Å². The van der Waals surface area contributed by atoms with Gasteiger partial charge in [0.15, 0.2) is 5.75 Å². The van der Waals surface area contributed by atoms with Crippen LogP contribution in [0.3, 0.4) is 0 Å². The fraction of sp³-hybridized carbons (Fsp3) is 0.222. The van der Waals surface area contributed by atoms with Crippen LogP contribution >= 0.6 is 46.4 Å². The molecule has 128 valence electrons. The summed E-state index contributed by atoms with van der Waals surface area (Å²) >= 11 is 23.5. The SMILES string of the molecule is Cc1ccc(CCOc2c(Cl)cc(OCC=C(Cl)Cl)cc2Cl)cc1. The summed E-state index contributed by atoms with van der Waals surface area (Å²) in [7, 11) is 0. The van der Waals surface area contributed by atoms with Crippen molar-refractivity contribution in [3.63, 3.8) is 0 Å². The first-order valence-corrected chi connectivity index (χ1v) is 8.78. The molecule has 0 bridgehead atoms. The van der Waals surface area contributed by atoms with Crippen molar-refractivity contribution < 1.29 is 9.47 Å². The Labute approximate surface area is 161 Å². The Morgan fingerprint density at radius 1 is 1.00 bits per heavy atom. The second-order valence-corrected chi connectivity index (χ2v) is 6.93. The zero-order chi connectivity index (χ0) is 17.5. The van der Waals surface area contributed by atoms with Gasteiger partial charge in [0.2, 0.25) is 0 Å². The van der Waals surface area contributed by atoms with Gasteiger partial charge in [-0.15, -0.1) is 0 Å². The quantitative estimate of drug-likeness (QED) is 0.515. The van der Waals surface area contributed by atoms with E-state index in [2.05, 4.69) is 31.2 Å². The Kier molecular flexibility index (Phi) is 7.57. The van der Waals surface area contributed by atoms with Crippen LogP contribution in [0.15, 0.2) is 47.0 Å². The summed E-state index contributed by atoms with van der Waals surface area (Å²) in [6, 6.07) is 11.6. The van der Waals surface area contributed by atoms with Crippen molar-refractivity contribution in [1.82, 2.24) is 0 Å². The van der Waals surface area contributed by atoms with Gasteiger partial charge in [0, 0.05) is 18.6 Å². The number of aryl methyl sites for hydroxylation is 1. The molecule has 0 spiro atoms. The van der Waals surface area contributed by atoms with E-state index in [-0.39, 0.29) is 11.1 Å². The number of benzene rings is 2. The maximum atomic E-state index is 6.22. The fourth-order valence-electron chi connectivity index (χ4n) is 1.98. The van der Waals surface area contributed by atoms with Gasteiger partial charge in [-0.05, 0) is 18.6 Å². The Bertz CT molecular complexity index is 684. The monoisotopic (exact) mass is 404 g/mol. The summed E-state index contributed by atoms with van der Waals surface area (Å²) in [6.07, 6.45) is 2.29. The van der Waals surface area contributed by atoms with Crippen molar-refractivity contribution >= 4 is 46.4 Å². The molecule has 0 radical (unpaired) electrons. The summed E-state index contributed by atoms with van der Waals surface area (Å²) in [6.45, 7) is 2.76. The van der Waals surface area contributed by atoms with Crippen molar-refractivity contribution in [2.75, 3.05) is 13.2 Å². The molecule has 0 heterocycles. The Balaban J connectivity index is 1.95. The lowest BCUT2D eigenvalue weighted by atomic mass is 10.1. The van der Waals surface area contributed by atoms with Crippen LogP contribution < -0.4 is 9.47 Å². The highest BCUT2D eigenvalue weighted by molar-refractivity contribution is 6.55. The molecule has 0 saturated carbocycles. The molecular formula is C18H16Cl4O2. The molecule has 0 unspecified atom stereocenters. The number of hydrogen-bond donors (Lipinski definition) is 0. The van der Waals surface area contributed by atoms with Crippen molar-refractivity contribution in [2.45, 2.75) is 13.3 Å². The molecular weight excluding hydrogens is 390 g/mol. The van der Waals surface area contributed by atoms with Gasteiger partial charge in [-0.1, -0.05) is 76.2 Å². The highest BCUT2D eigenvalue weighted by Gasteiger charge is 2.10. The van der Waals surface area contributed by atoms with Crippen molar-refractivity contribution in [2.24, 2.45) is 0 Å². The third-order valence-electron chi connectivity index (χ3n) is 3.22. The average Bonchev–Trinajstić information content (AvgIpc) is 2.51. The summed E-state index contributed by atoms with van der Waals surface area (Å²) in [5, 5.41) is 0.782. The Hall–Kier alpha value is -1.06. The van der Waals surface area contributed by atoms with E-state index in [1.165, 1.54) is 17.2 Å². The normalized spacial score (nSPS) is 10.4. The van der Waals surface area contributed by atoms with Crippen molar-refractivity contribution in [3.8, 4) is 11.5 Å². The van der Waals surface area contributed by atoms with Gasteiger partial charge < -0.3 is 9.47 Å². The lowest BCUT2D eigenvalue weighted by Crippen LogP contribution is -2.03. The maximum absolute atomic E-state index is 6.22. The van der Waals surface area contributed by atoms with Crippen LogP contribution in [0.25, 0.3) is 0 Å². The Morgan fingerprint density at radius 2 is 1.62 bits per heavy atom. The molecule has 0 aliphatic rings. The third-order valence-corrected chi connectivity index (χ3v) is 4.09. The van der Waals surface area contributed by atoms with E-state index >= 15 is 0 Å². The maximum Gasteiger partial charge on any atom is 0.156 e. The summed E-state index contributed by atoms with van der Waals surface area (Å²) < 4.78 is 11.3. The lowest BCUT2D eigenvalue weighted by Gasteiger charge is -2.12. The number of hydrogen-bond acceptors (Lipinski definition) is 2. The minimum atomic E-state index is 0.142. The van der Waals surface area contributed by atoms with Crippen LogP contribution in [0, 0.1) is 6.92 Å². The fourth-order valence-corrected chi connectivity index (χ4v) is 2.69. The van der Waals surface area contributed by atoms with Gasteiger partial charge in [-0.3, -0.25) is 0 Å². The molecule has 0 aliphatic heterocycles. The summed E-state index contributed by atoms with van der Waals surface area (Å²) in [5.74, 6) is 0.963. The van der Waals surface area contributed by atoms with E-state index in [4.69, 9.17) is 55.9 Å². The zero-order valence-corrected chi connectivity index (χ0v) is 16.0. The molecule has 0 aromatic heterocycles. The summed E-state index contributed by atoms with van der Waals surface area (Å²) in [4.78, 5) is 0. The highest BCUT2D eigenvalue weighted by Crippen LogP contribution is 2.37. The van der Waals surface area contributed by atoms with E-state index in [9.17, 15) is 0 Å². The minimum absolute atomic E-state index is 0.142. The second-order valence-electron chi connectivity index (χ2n) is 5.10. The van der Waals surface area contributed by atoms with E-state index < -0.39 is 0 Å². The average molecular weight is 406 g/mol. The van der Waals surface area contributed by atoms with Crippen LogP contribution in [-0.4, -0.2) is 13.2 Å². The molecule has 0 fully saturated rings. The minimum Gasteiger partial charge on any atom is -0.490 e. The number of ether oxygens (including phenoxy) is 2. The molecule has 0 N–H and O–H groups in total.